The van der Waals surface area contributed by atoms with Gasteiger partial charge in [-0.1, -0.05) is 18.2 Å². The van der Waals surface area contributed by atoms with Crippen molar-refractivity contribution in [2.24, 2.45) is 0 Å². The van der Waals surface area contributed by atoms with Crippen molar-refractivity contribution in [1.82, 2.24) is 10.6 Å². The first-order valence-corrected chi connectivity index (χ1v) is 10.8. The van der Waals surface area contributed by atoms with Crippen LogP contribution in [0.25, 0.3) is 0 Å². The predicted octanol–water partition coefficient (Wildman–Crippen LogP) is 2.94. The minimum absolute atomic E-state index is 0.0272. The van der Waals surface area contributed by atoms with Gasteiger partial charge in [0, 0.05) is 4.88 Å². The Kier molecular flexibility index (Phi) is 8.09. The number of ether oxygens (including phenoxy) is 4. The number of urea groups is 1. The van der Waals surface area contributed by atoms with Crippen LogP contribution in [-0.2, 0) is 19.1 Å². The van der Waals surface area contributed by atoms with Crippen molar-refractivity contribution in [2.75, 3.05) is 26.9 Å². The number of hydrogen-bond donors (Lipinski definition) is 2. The van der Waals surface area contributed by atoms with Gasteiger partial charge in [0.15, 0.2) is 11.5 Å². The van der Waals surface area contributed by atoms with Crippen molar-refractivity contribution in [3.8, 4) is 11.5 Å². The second-order valence-electron chi connectivity index (χ2n) is 6.57. The van der Waals surface area contributed by atoms with Gasteiger partial charge in [0.25, 0.3) is 0 Å². The van der Waals surface area contributed by atoms with E-state index < -0.39 is 24.0 Å². The largest absolute Gasteiger partial charge is 0.493 e. The second-order valence-corrected chi connectivity index (χ2v) is 7.55. The minimum Gasteiger partial charge on any atom is -0.493 e. The van der Waals surface area contributed by atoms with Crippen LogP contribution in [0.4, 0.5) is 4.79 Å². The number of carbonyl (C=O) groups excluding carboxylic acids is 3. The lowest BCUT2D eigenvalue weighted by molar-refractivity contribution is -0.144. The van der Waals surface area contributed by atoms with Gasteiger partial charge in [-0.3, -0.25) is 4.79 Å². The van der Waals surface area contributed by atoms with E-state index in [1.165, 1.54) is 18.4 Å². The zero-order chi connectivity index (χ0) is 22.9. The highest BCUT2D eigenvalue weighted by molar-refractivity contribution is 7.10. The molecule has 2 heterocycles. The quantitative estimate of drug-likeness (QED) is 0.524. The molecule has 0 saturated carbocycles. The summed E-state index contributed by atoms with van der Waals surface area (Å²) < 4.78 is 21.2. The maximum atomic E-state index is 12.6. The molecule has 1 aliphatic rings. The molecule has 1 unspecified atom stereocenters. The molecule has 32 heavy (non-hydrogen) atoms. The summed E-state index contributed by atoms with van der Waals surface area (Å²) in [6, 6.07) is 9.52. The first-order valence-electron chi connectivity index (χ1n) is 9.96. The van der Waals surface area contributed by atoms with E-state index >= 15 is 0 Å². The monoisotopic (exact) mass is 460 g/mol. The summed E-state index contributed by atoms with van der Waals surface area (Å²) in [4.78, 5) is 37.8. The molecule has 0 bridgehead atoms. The van der Waals surface area contributed by atoms with Crippen LogP contribution in [0.3, 0.4) is 0 Å². The fraction of sp³-hybridized carbons (Fsp3) is 0.318. The number of hydrogen-bond acceptors (Lipinski definition) is 8. The summed E-state index contributed by atoms with van der Waals surface area (Å²) >= 11 is 1.39. The number of methoxy groups -OCH3 is 1. The predicted molar refractivity (Wildman–Crippen MR) is 116 cm³/mol. The van der Waals surface area contributed by atoms with E-state index in [0.29, 0.717) is 11.5 Å². The Morgan fingerprint density at radius 3 is 2.56 bits per heavy atom. The molecule has 0 fully saturated rings. The first-order chi connectivity index (χ1) is 15.5. The van der Waals surface area contributed by atoms with Crippen LogP contribution in [-0.4, -0.2) is 44.9 Å². The van der Waals surface area contributed by atoms with Crippen LogP contribution in [0, 0.1) is 0 Å². The second kappa shape index (κ2) is 11.2. The Bertz CT molecular complexity index is 988. The van der Waals surface area contributed by atoms with Crippen molar-refractivity contribution in [2.45, 2.75) is 19.4 Å². The summed E-state index contributed by atoms with van der Waals surface area (Å²) in [6.45, 7) is 1.65. The standard InChI is InChI=1S/C22H24N2O7S/c1-3-29-21(26)19-14(23-22(27)24-20(19)17-9-6-12-32-17)13-31-18(25)10-11-30-16-8-5-4-7-15(16)28-2/h4-9,12,20H,3,10-11,13H2,1-2H3,(H2,23,24,27). The van der Waals surface area contributed by atoms with Crippen LogP contribution >= 0.6 is 11.3 Å². The van der Waals surface area contributed by atoms with Gasteiger partial charge in [-0.15, -0.1) is 11.3 Å². The van der Waals surface area contributed by atoms with Crippen molar-refractivity contribution >= 4 is 29.3 Å². The fourth-order valence-corrected chi connectivity index (χ4v) is 3.84. The normalized spacial score (nSPS) is 15.4. The van der Waals surface area contributed by atoms with Gasteiger partial charge in [0.2, 0.25) is 0 Å². The summed E-state index contributed by atoms with van der Waals surface area (Å²) in [5.41, 5.74) is 0.386. The van der Waals surface area contributed by atoms with Gasteiger partial charge in [0.05, 0.1) is 44.1 Å². The van der Waals surface area contributed by atoms with Crippen molar-refractivity contribution < 1.29 is 33.3 Å². The van der Waals surface area contributed by atoms with E-state index in [1.807, 2.05) is 17.5 Å². The summed E-state index contributed by atoms with van der Waals surface area (Å²) in [6.07, 6.45) is -0.0272. The Hall–Kier alpha value is -3.53. The zero-order valence-corrected chi connectivity index (χ0v) is 18.5. The molecular formula is C22H24N2O7S. The van der Waals surface area contributed by atoms with Crippen LogP contribution in [0.2, 0.25) is 0 Å². The molecule has 1 atom stereocenters. The smallest absolute Gasteiger partial charge is 0.338 e. The molecule has 2 aromatic rings. The van der Waals surface area contributed by atoms with E-state index in [9.17, 15) is 14.4 Å². The molecule has 2 N–H and O–H groups in total. The number of carbonyl (C=O) groups is 3. The molecule has 1 aromatic carbocycles. The number of amides is 2. The SMILES string of the molecule is CCOC(=O)C1=C(COC(=O)CCOc2ccccc2OC)NC(=O)NC1c1cccs1. The van der Waals surface area contributed by atoms with E-state index in [0.717, 1.165) is 4.88 Å². The van der Waals surface area contributed by atoms with Crippen molar-refractivity contribution in [3.63, 3.8) is 0 Å². The summed E-state index contributed by atoms with van der Waals surface area (Å²) in [5.74, 6) is -0.0679. The third-order valence-corrected chi connectivity index (χ3v) is 5.42. The summed E-state index contributed by atoms with van der Waals surface area (Å²) in [5, 5.41) is 7.12. The number of rotatable bonds is 10. The molecule has 10 heteroatoms. The van der Waals surface area contributed by atoms with Crippen molar-refractivity contribution in [3.05, 3.63) is 57.9 Å². The maximum Gasteiger partial charge on any atom is 0.338 e. The first kappa shape index (κ1) is 23.1. The Labute approximate surface area is 189 Å². The summed E-state index contributed by atoms with van der Waals surface area (Å²) in [7, 11) is 1.53. The molecule has 1 aromatic heterocycles. The highest BCUT2D eigenvalue weighted by atomic mass is 32.1. The zero-order valence-electron chi connectivity index (χ0n) is 17.7. The number of esters is 2. The van der Waals surface area contributed by atoms with Gasteiger partial charge in [-0.2, -0.15) is 0 Å². The Balaban J connectivity index is 1.65. The molecule has 170 valence electrons. The Morgan fingerprint density at radius 2 is 1.88 bits per heavy atom. The van der Waals surface area contributed by atoms with E-state index in [-0.39, 0.29) is 37.5 Å². The lowest BCUT2D eigenvalue weighted by Crippen LogP contribution is -2.46. The lowest BCUT2D eigenvalue weighted by atomic mass is 10.0. The van der Waals surface area contributed by atoms with Gasteiger partial charge >= 0.3 is 18.0 Å². The maximum absolute atomic E-state index is 12.6. The highest BCUT2D eigenvalue weighted by Crippen LogP contribution is 2.31. The van der Waals surface area contributed by atoms with Crippen molar-refractivity contribution in [1.29, 1.82) is 0 Å². The topological polar surface area (TPSA) is 112 Å². The molecule has 2 amide bonds. The molecule has 0 aliphatic carbocycles. The van der Waals surface area contributed by atoms with Crippen LogP contribution in [0.1, 0.15) is 24.3 Å². The van der Waals surface area contributed by atoms with Gasteiger partial charge in [-0.25, -0.2) is 9.59 Å². The van der Waals surface area contributed by atoms with Gasteiger partial charge in [-0.05, 0) is 30.5 Å². The highest BCUT2D eigenvalue weighted by Gasteiger charge is 2.34. The molecule has 0 radical (unpaired) electrons. The van der Waals surface area contributed by atoms with Gasteiger partial charge in [0.1, 0.15) is 6.61 Å². The number of nitrogens with one attached hydrogen (secondary N) is 2. The van der Waals surface area contributed by atoms with Crippen LogP contribution < -0.4 is 20.1 Å². The third-order valence-electron chi connectivity index (χ3n) is 4.49. The molecule has 0 saturated heterocycles. The third kappa shape index (κ3) is 5.79. The molecule has 3 rings (SSSR count). The van der Waals surface area contributed by atoms with E-state index in [4.69, 9.17) is 18.9 Å². The van der Waals surface area contributed by atoms with E-state index in [2.05, 4.69) is 10.6 Å². The lowest BCUT2D eigenvalue weighted by Gasteiger charge is -2.28. The molecule has 0 spiro atoms. The average molecular weight is 461 g/mol. The molecule has 1 aliphatic heterocycles. The number of thiophene rings is 1. The van der Waals surface area contributed by atoms with Gasteiger partial charge < -0.3 is 29.6 Å². The number of para-hydroxylation sites is 2. The minimum atomic E-state index is -0.689. The fourth-order valence-electron chi connectivity index (χ4n) is 3.06. The van der Waals surface area contributed by atoms with Crippen LogP contribution in [0.5, 0.6) is 11.5 Å². The molecule has 9 nitrogen and oxygen atoms in total. The van der Waals surface area contributed by atoms with E-state index in [1.54, 1.807) is 31.2 Å². The Morgan fingerprint density at radius 1 is 1.09 bits per heavy atom. The van der Waals surface area contributed by atoms with Crippen LogP contribution in [0.15, 0.2) is 53.0 Å². The number of benzene rings is 1. The molecular weight excluding hydrogens is 436 g/mol. The average Bonchev–Trinajstić information content (AvgIpc) is 3.32.